The maximum absolute atomic E-state index is 9.35. The molecule has 4 atom stereocenters. The lowest BCUT2D eigenvalue weighted by Crippen LogP contribution is -2.52. The van der Waals surface area contributed by atoms with Gasteiger partial charge in [-0.2, -0.15) is 0 Å². The van der Waals surface area contributed by atoms with Gasteiger partial charge in [0, 0.05) is 18.7 Å². The summed E-state index contributed by atoms with van der Waals surface area (Å²) in [5, 5.41) is 9.35. The highest BCUT2D eigenvalue weighted by molar-refractivity contribution is 4.97. The van der Waals surface area contributed by atoms with Crippen LogP contribution in [0.25, 0.3) is 0 Å². The van der Waals surface area contributed by atoms with Gasteiger partial charge < -0.3 is 5.11 Å². The zero-order valence-corrected chi connectivity index (χ0v) is 13.0. The molecule has 2 heteroatoms. The third kappa shape index (κ3) is 3.52. The standard InChI is InChI=1S/C17H33NO/c1-3-5-8-14-13-15(10-12-19)17-9-6-11-18(17)16(14)7-4-2/h14-17,19H,3-13H2,1-2H3. The molecule has 0 aromatic rings. The zero-order chi connectivity index (χ0) is 13.7. The largest absolute Gasteiger partial charge is 0.396 e. The lowest BCUT2D eigenvalue weighted by molar-refractivity contribution is 0.00898. The van der Waals surface area contributed by atoms with E-state index in [-0.39, 0.29) is 0 Å². The van der Waals surface area contributed by atoms with Crippen molar-refractivity contribution in [3.05, 3.63) is 0 Å². The number of fused-ring (bicyclic) bond motifs is 1. The Balaban J connectivity index is 2.06. The fourth-order valence-electron chi connectivity index (χ4n) is 4.66. The van der Waals surface area contributed by atoms with Gasteiger partial charge >= 0.3 is 0 Å². The number of hydrogen-bond donors (Lipinski definition) is 1. The van der Waals surface area contributed by atoms with Crippen molar-refractivity contribution in [2.75, 3.05) is 13.2 Å². The Morgan fingerprint density at radius 1 is 1.05 bits per heavy atom. The van der Waals surface area contributed by atoms with Gasteiger partial charge in [-0.15, -0.1) is 0 Å². The molecule has 0 bridgehead atoms. The lowest BCUT2D eigenvalue weighted by atomic mass is 9.74. The van der Waals surface area contributed by atoms with Gasteiger partial charge in [-0.05, 0) is 56.9 Å². The summed E-state index contributed by atoms with van der Waals surface area (Å²) in [4.78, 5) is 2.84. The topological polar surface area (TPSA) is 23.5 Å². The van der Waals surface area contributed by atoms with Crippen molar-refractivity contribution in [2.24, 2.45) is 11.8 Å². The first-order valence-electron chi connectivity index (χ1n) is 8.68. The molecule has 0 aromatic carbocycles. The Morgan fingerprint density at radius 3 is 2.58 bits per heavy atom. The normalized spacial score (nSPS) is 35.5. The van der Waals surface area contributed by atoms with Gasteiger partial charge in [0.25, 0.3) is 0 Å². The molecule has 0 saturated carbocycles. The fraction of sp³-hybridized carbons (Fsp3) is 1.00. The second-order valence-electron chi connectivity index (χ2n) is 6.71. The third-order valence-electron chi connectivity index (χ3n) is 5.47. The quantitative estimate of drug-likeness (QED) is 0.758. The first kappa shape index (κ1) is 15.3. The Labute approximate surface area is 119 Å². The van der Waals surface area contributed by atoms with E-state index in [1.165, 1.54) is 57.9 Å². The number of aliphatic hydroxyl groups excluding tert-OH is 1. The molecule has 2 aliphatic rings. The van der Waals surface area contributed by atoms with Gasteiger partial charge in [-0.1, -0.05) is 33.1 Å². The Hall–Kier alpha value is -0.0800. The Bertz CT molecular complexity index is 256. The summed E-state index contributed by atoms with van der Waals surface area (Å²) in [5.41, 5.74) is 0. The molecule has 2 aliphatic heterocycles. The van der Waals surface area contributed by atoms with Crippen molar-refractivity contribution < 1.29 is 5.11 Å². The summed E-state index contributed by atoms with van der Waals surface area (Å²) in [6.07, 6.45) is 12.0. The molecule has 19 heavy (non-hydrogen) atoms. The van der Waals surface area contributed by atoms with Crippen molar-refractivity contribution >= 4 is 0 Å². The monoisotopic (exact) mass is 267 g/mol. The SMILES string of the molecule is CCCCC1CC(CCO)C2CCCN2C1CCC. The molecule has 0 amide bonds. The van der Waals surface area contributed by atoms with Crippen molar-refractivity contribution in [3.63, 3.8) is 0 Å². The van der Waals surface area contributed by atoms with E-state index < -0.39 is 0 Å². The lowest BCUT2D eigenvalue weighted by Gasteiger charge is -2.48. The summed E-state index contributed by atoms with van der Waals surface area (Å²) >= 11 is 0. The van der Waals surface area contributed by atoms with E-state index in [1.807, 2.05) is 0 Å². The molecule has 2 fully saturated rings. The van der Waals surface area contributed by atoms with Crippen LogP contribution in [0.5, 0.6) is 0 Å². The molecule has 112 valence electrons. The Kier molecular flexibility index (Phi) is 6.15. The van der Waals surface area contributed by atoms with Crippen LogP contribution in [0.15, 0.2) is 0 Å². The van der Waals surface area contributed by atoms with Crippen molar-refractivity contribution in [3.8, 4) is 0 Å². The molecular formula is C17H33NO. The van der Waals surface area contributed by atoms with E-state index in [0.29, 0.717) is 6.61 Å². The van der Waals surface area contributed by atoms with Gasteiger partial charge in [-0.25, -0.2) is 0 Å². The molecule has 4 unspecified atom stereocenters. The summed E-state index contributed by atoms with van der Waals surface area (Å²) in [5.74, 6) is 1.66. The number of aliphatic hydroxyl groups is 1. The van der Waals surface area contributed by atoms with Crippen LogP contribution in [0.1, 0.15) is 71.6 Å². The van der Waals surface area contributed by atoms with Crippen LogP contribution >= 0.6 is 0 Å². The number of unbranched alkanes of at least 4 members (excludes halogenated alkanes) is 1. The highest BCUT2D eigenvalue weighted by Gasteiger charge is 2.43. The first-order chi connectivity index (χ1) is 9.31. The van der Waals surface area contributed by atoms with Gasteiger partial charge in [0.15, 0.2) is 0 Å². The predicted molar refractivity (Wildman–Crippen MR) is 81.2 cm³/mol. The molecule has 1 N–H and O–H groups in total. The maximum atomic E-state index is 9.35. The molecule has 0 aliphatic carbocycles. The maximum Gasteiger partial charge on any atom is 0.0434 e. The number of hydrogen-bond acceptors (Lipinski definition) is 2. The van der Waals surface area contributed by atoms with E-state index in [4.69, 9.17) is 0 Å². The molecule has 0 radical (unpaired) electrons. The molecule has 2 heterocycles. The summed E-state index contributed by atoms with van der Waals surface area (Å²) in [7, 11) is 0. The minimum Gasteiger partial charge on any atom is -0.396 e. The fourth-order valence-corrected chi connectivity index (χ4v) is 4.66. The summed E-state index contributed by atoms with van der Waals surface area (Å²) in [6.45, 7) is 6.34. The van der Waals surface area contributed by atoms with Gasteiger partial charge in [0.1, 0.15) is 0 Å². The zero-order valence-electron chi connectivity index (χ0n) is 13.0. The average Bonchev–Trinajstić information content (AvgIpc) is 2.89. The molecule has 2 saturated heterocycles. The van der Waals surface area contributed by atoms with Crippen LogP contribution in [0.4, 0.5) is 0 Å². The molecule has 2 rings (SSSR count). The smallest absolute Gasteiger partial charge is 0.0434 e. The van der Waals surface area contributed by atoms with Crippen LogP contribution in [-0.2, 0) is 0 Å². The molecule has 0 spiro atoms. The van der Waals surface area contributed by atoms with E-state index >= 15 is 0 Å². The van der Waals surface area contributed by atoms with E-state index in [1.54, 1.807) is 0 Å². The number of piperidine rings is 1. The minimum atomic E-state index is 0.383. The number of nitrogens with zero attached hydrogens (tertiary/aromatic N) is 1. The third-order valence-corrected chi connectivity index (χ3v) is 5.47. The number of rotatable bonds is 7. The van der Waals surface area contributed by atoms with E-state index in [9.17, 15) is 5.11 Å². The summed E-state index contributed by atoms with van der Waals surface area (Å²) < 4.78 is 0. The van der Waals surface area contributed by atoms with Crippen LogP contribution < -0.4 is 0 Å². The highest BCUT2D eigenvalue weighted by atomic mass is 16.3. The van der Waals surface area contributed by atoms with Crippen LogP contribution in [0, 0.1) is 11.8 Å². The average molecular weight is 267 g/mol. The first-order valence-corrected chi connectivity index (χ1v) is 8.68. The van der Waals surface area contributed by atoms with Crippen LogP contribution in [0.2, 0.25) is 0 Å². The van der Waals surface area contributed by atoms with E-state index in [0.717, 1.165) is 30.3 Å². The van der Waals surface area contributed by atoms with Crippen LogP contribution in [-0.4, -0.2) is 35.2 Å². The van der Waals surface area contributed by atoms with Crippen molar-refractivity contribution in [1.29, 1.82) is 0 Å². The van der Waals surface area contributed by atoms with Gasteiger partial charge in [0.05, 0.1) is 0 Å². The van der Waals surface area contributed by atoms with E-state index in [2.05, 4.69) is 18.7 Å². The van der Waals surface area contributed by atoms with Crippen molar-refractivity contribution in [2.45, 2.75) is 83.7 Å². The second kappa shape index (κ2) is 7.64. The highest BCUT2D eigenvalue weighted by Crippen LogP contribution is 2.42. The Morgan fingerprint density at radius 2 is 1.89 bits per heavy atom. The minimum absolute atomic E-state index is 0.383. The van der Waals surface area contributed by atoms with Gasteiger partial charge in [-0.3, -0.25) is 4.90 Å². The molecular weight excluding hydrogens is 234 g/mol. The molecule has 2 nitrogen and oxygen atoms in total. The van der Waals surface area contributed by atoms with Gasteiger partial charge in [0.2, 0.25) is 0 Å². The second-order valence-corrected chi connectivity index (χ2v) is 6.71. The van der Waals surface area contributed by atoms with Crippen molar-refractivity contribution in [1.82, 2.24) is 4.90 Å². The van der Waals surface area contributed by atoms with Crippen LogP contribution in [0.3, 0.4) is 0 Å². The molecule has 0 aromatic heterocycles. The predicted octanol–water partition coefficient (Wildman–Crippen LogP) is 3.83. The summed E-state index contributed by atoms with van der Waals surface area (Å²) in [6, 6.07) is 1.64.